The molecule has 0 heterocycles. The molecule has 3 nitrogen and oxygen atoms in total. The van der Waals surface area contributed by atoms with Gasteiger partial charge in [-0.15, -0.1) is 0 Å². The van der Waals surface area contributed by atoms with Gasteiger partial charge in [0.2, 0.25) is 0 Å². The molecule has 0 aromatic heterocycles. The van der Waals surface area contributed by atoms with Crippen molar-refractivity contribution >= 4 is 5.96 Å². The Morgan fingerprint density at radius 2 is 2.00 bits per heavy atom. The monoisotopic (exact) mass is 311 g/mol. The number of aliphatic imine (C=N–C) groups is 1. The lowest BCUT2D eigenvalue weighted by Gasteiger charge is -2.12. The van der Waals surface area contributed by atoms with E-state index in [0.717, 1.165) is 30.9 Å². The lowest BCUT2D eigenvalue weighted by molar-refractivity contribution is 0.625. The quantitative estimate of drug-likeness (QED) is 0.657. The van der Waals surface area contributed by atoms with Crippen molar-refractivity contribution in [2.75, 3.05) is 13.6 Å². The van der Waals surface area contributed by atoms with Crippen LogP contribution in [0.5, 0.6) is 0 Å². The molecule has 1 saturated carbocycles. The summed E-state index contributed by atoms with van der Waals surface area (Å²) in [5.41, 5.74) is 2.36. The maximum absolute atomic E-state index is 13.1. The second kappa shape index (κ2) is 7.27. The first-order chi connectivity index (χ1) is 11.3. The molecule has 0 bridgehead atoms. The minimum absolute atomic E-state index is 0.186. The van der Waals surface area contributed by atoms with Crippen molar-refractivity contribution in [2.24, 2.45) is 4.99 Å². The summed E-state index contributed by atoms with van der Waals surface area (Å²) < 4.78 is 13.1. The van der Waals surface area contributed by atoms with Crippen molar-refractivity contribution in [3.05, 3.63) is 71.5 Å². The Hall–Kier alpha value is -2.36. The van der Waals surface area contributed by atoms with Gasteiger partial charge in [0.05, 0.1) is 0 Å². The van der Waals surface area contributed by atoms with Gasteiger partial charge in [-0.3, -0.25) is 4.99 Å². The fraction of sp³-hybridized carbons (Fsp3) is 0.316. The van der Waals surface area contributed by atoms with Crippen molar-refractivity contribution in [2.45, 2.75) is 24.8 Å². The van der Waals surface area contributed by atoms with Gasteiger partial charge in [0.1, 0.15) is 5.82 Å². The van der Waals surface area contributed by atoms with Crippen LogP contribution in [0.15, 0.2) is 59.6 Å². The topological polar surface area (TPSA) is 36.4 Å². The first-order valence-corrected chi connectivity index (χ1v) is 8.03. The van der Waals surface area contributed by atoms with Gasteiger partial charge in [0.15, 0.2) is 5.96 Å². The van der Waals surface area contributed by atoms with Gasteiger partial charge in [-0.25, -0.2) is 4.39 Å². The maximum atomic E-state index is 13.1. The largest absolute Gasteiger partial charge is 0.356 e. The number of guanidine groups is 1. The standard InChI is InChI=1S/C19H22FN3/c1-21-19(22-11-10-14-6-5-9-16(20)12-14)23-18-13-17(18)15-7-3-2-4-8-15/h2-9,12,17-18H,10-11,13H2,1H3,(H2,21,22,23). The van der Waals surface area contributed by atoms with E-state index in [9.17, 15) is 4.39 Å². The fourth-order valence-electron chi connectivity index (χ4n) is 2.81. The second-order valence-electron chi connectivity index (χ2n) is 5.88. The van der Waals surface area contributed by atoms with E-state index in [1.165, 1.54) is 11.6 Å². The molecule has 1 fully saturated rings. The molecule has 3 rings (SSSR count). The van der Waals surface area contributed by atoms with Crippen LogP contribution in [0.25, 0.3) is 0 Å². The highest BCUT2D eigenvalue weighted by Crippen LogP contribution is 2.40. The molecule has 4 heteroatoms. The molecular formula is C19H22FN3. The third kappa shape index (κ3) is 4.31. The van der Waals surface area contributed by atoms with Crippen LogP contribution in [-0.2, 0) is 6.42 Å². The molecule has 2 aromatic rings. The minimum Gasteiger partial charge on any atom is -0.356 e. The van der Waals surface area contributed by atoms with Crippen molar-refractivity contribution < 1.29 is 4.39 Å². The number of nitrogens with zero attached hydrogens (tertiary/aromatic N) is 1. The van der Waals surface area contributed by atoms with Crippen LogP contribution >= 0.6 is 0 Å². The summed E-state index contributed by atoms with van der Waals surface area (Å²) in [5.74, 6) is 1.19. The zero-order chi connectivity index (χ0) is 16.1. The molecule has 0 amide bonds. The van der Waals surface area contributed by atoms with E-state index in [4.69, 9.17) is 0 Å². The average Bonchev–Trinajstić information content (AvgIpc) is 3.34. The summed E-state index contributed by atoms with van der Waals surface area (Å²) in [6, 6.07) is 17.7. The third-order valence-corrected chi connectivity index (χ3v) is 4.16. The molecule has 0 aliphatic heterocycles. The Morgan fingerprint density at radius 3 is 2.74 bits per heavy atom. The Labute approximate surface area is 136 Å². The fourth-order valence-corrected chi connectivity index (χ4v) is 2.81. The molecule has 2 aromatic carbocycles. The van der Waals surface area contributed by atoms with Crippen LogP contribution in [0, 0.1) is 5.82 Å². The smallest absolute Gasteiger partial charge is 0.191 e. The molecule has 120 valence electrons. The lowest BCUT2D eigenvalue weighted by atomic mass is 10.1. The molecular weight excluding hydrogens is 289 g/mol. The van der Waals surface area contributed by atoms with E-state index in [1.807, 2.05) is 12.1 Å². The van der Waals surface area contributed by atoms with E-state index in [1.54, 1.807) is 19.2 Å². The van der Waals surface area contributed by atoms with E-state index in [-0.39, 0.29) is 5.82 Å². The number of benzene rings is 2. The molecule has 0 spiro atoms. The van der Waals surface area contributed by atoms with E-state index < -0.39 is 0 Å². The van der Waals surface area contributed by atoms with Crippen molar-refractivity contribution in [1.82, 2.24) is 10.6 Å². The van der Waals surface area contributed by atoms with Gasteiger partial charge in [0.25, 0.3) is 0 Å². The normalized spacial score (nSPS) is 20.2. The van der Waals surface area contributed by atoms with Gasteiger partial charge >= 0.3 is 0 Å². The molecule has 23 heavy (non-hydrogen) atoms. The van der Waals surface area contributed by atoms with Crippen LogP contribution in [0.3, 0.4) is 0 Å². The Morgan fingerprint density at radius 1 is 1.17 bits per heavy atom. The predicted molar refractivity (Wildman–Crippen MR) is 92.2 cm³/mol. The van der Waals surface area contributed by atoms with E-state index in [2.05, 4.69) is 39.9 Å². The van der Waals surface area contributed by atoms with Crippen LogP contribution in [0.2, 0.25) is 0 Å². The molecule has 1 aliphatic rings. The summed E-state index contributed by atoms with van der Waals surface area (Å²) in [7, 11) is 1.78. The first kappa shape index (κ1) is 15.5. The van der Waals surface area contributed by atoms with E-state index >= 15 is 0 Å². The molecule has 2 N–H and O–H groups in total. The summed E-state index contributed by atoms with van der Waals surface area (Å²) in [6.45, 7) is 0.728. The Kier molecular flexibility index (Phi) is 4.91. The van der Waals surface area contributed by atoms with Gasteiger partial charge in [-0.1, -0.05) is 42.5 Å². The number of hydrogen-bond donors (Lipinski definition) is 2. The Bertz CT molecular complexity index is 669. The highest BCUT2D eigenvalue weighted by atomic mass is 19.1. The van der Waals surface area contributed by atoms with Gasteiger partial charge < -0.3 is 10.6 Å². The number of nitrogens with one attached hydrogen (secondary N) is 2. The summed E-state index contributed by atoms with van der Waals surface area (Å²) in [5, 5.41) is 6.75. The maximum Gasteiger partial charge on any atom is 0.191 e. The van der Waals surface area contributed by atoms with Crippen molar-refractivity contribution in [1.29, 1.82) is 0 Å². The predicted octanol–water partition coefficient (Wildman–Crippen LogP) is 3.09. The molecule has 2 atom stereocenters. The number of halogens is 1. The average molecular weight is 311 g/mol. The zero-order valence-corrected chi connectivity index (χ0v) is 13.3. The highest BCUT2D eigenvalue weighted by Gasteiger charge is 2.38. The molecule has 0 saturated heterocycles. The molecule has 1 aliphatic carbocycles. The summed E-state index contributed by atoms with van der Waals surface area (Å²) in [4.78, 5) is 4.27. The minimum atomic E-state index is -0.186. The number of hydrogen-bond acceptors (Lipinski definition) is 1. The lowest BCUT2D eigenvalue weighted by Crippen LogP contribution is -2.39. The van der Waals surface area contributed by atoms with Gasteiger partial charge in [-0.05, 0) is 36.1 Å². The highest BCUT2D eigenvalue weighted by molar-refractivity contribution is 5.80. The Balaban J connectivity index is 1.45. The number of rotatable bonds is 5. The SMILES string of the molecule is CN=C(NCCc1cccc(F)c1)NC1CC1c1ccccc1. The summed E-state index contributed by atoms with van der Waals surface area (Å²) in [6.07, 6.45) is 1.90. The second-order valence-corrected chi connectivity index (χ2v) is 5.88. The van der Waals surface area contributed by atoms with Crippen molar-refractivity contribution in [3.8, 4) is 0 Å². The molecule has 2 unspecified atom stereocenters. The van der Waals surface area contributed by atoms with Crippen LogP contribution < -0.4 is 10.6 Å². The summed E-state index contributed by atoms with van der Waals surface area (Å²) >= 11 is 0. The van der Waals surface area contributed by atoms with E-state index in [0.29, 0.717) is 12.0 Å². The zero-order valence-electron chi connectivity index (χ0n) is 13.3. The molecule has 0 radical (unpaired) electrons. The first-order valence-electron chi connectivity index (χ1n) is 8.03. The van der Waals surface area contributed by atoms with Gasteiger partial charge in [-0.2, -0.15) is 0 Å². The third-order valence-electron chi connectivity index (χ3n) is 4.16. The van der Waals surface area contributed by atoms with Crippen LogP contribution in [0.1, 0.15) is 23.5 Å². The van der Waals surface area contributed by atoms with Crippen molar-refractivity contribution in [3.63, 3.8) is 0 Å². The van der Waals surface area contributed by atoms with Crippen LogP contribution in [0.4, 0.5) is 4.39 Å². The van der Waals surface area contributed by atoms with Crippen LogP contribution in [-0.4, -0.2) is 25.6 Å². The van der Waals surface area contributed by atoms with Gasteiger partial charge in [0, 0.05) is 25.6 Å².